The second-order valence-electron chi connectivity index (χ2n) is 11.7. The molecule has 8 heteroatoms. The molecule has 1 aromatic rings. The van der Waals surface area contributed by atoms with E-state index >= 15 is 0 Å². The maximum atomic E-state index is 14.6. The van der Waals surface area contributed by atoms with Crippen LogP contribution >= 0.6 is 0 Å². The van der Waals surface area contributed by atoms with Gasteiger partial charge in [0.1, 0.15) is 17.6 Å². The molecule has 4 aliphatic rings. The van der Waals surface area contributed by atoms with Crippen molar-refractivity contribution in [3.63, 3.8) is 0 Å². The van der Waals surface area contributed by atoms with E-state index in [1.165, 1.54) is 4.90 Å². The third kappa shape index (κ3) is 5.00. The fourth-order valence-electron chi connectivity index (χ4n) is 7.07. The van der Waals surface area contributed by atoms with Crippen molar-refractivity contribution in [1.82, 2.24) is 9.80 Å². The second kappa shape index (κ2) is 11.9. The number of ether oxygens (including phenoxy) is 2. The number of cyclic esters (lactones) is 1. The number of hydrogen-bond acceptors (Lipinski definition) is 6. The summed E-state index contributed by atoms with van der Waals surface area (Å²) in [5.74, 6) is -2.88. The van der Waals surface area contributed by atoms with E-state index in [2.05, 4.69) is 6.92 Å². The summed E-state index contributed by atoms with van der Waals surface area (Å²) in [7, 11) is 0. The number of unbranched alkanes of at least 4 members (excludes halogenated alkanes) is 2. The zero-order valence-electron chi connectivity index (χ0n) is 23.7. The van der Waals surface area contributed by atoms with Gasteiger partial charge in [-0.1, -0.05) is 74.4 Å². The van der Waals surface area contributed by atoms with Crippen LogP contribution in [0.1, 0.15) is 57.9 Å². The van der Waals surface area contributed by atoms with Gasteiger partial charge in [-0.25, -0.2) is 0 Å². The largest absolute Gasteiger partial charge is 0.465 e. The van der Waals surface area contributed by atoms with Gasteiger partial charge in [-0.3, -0.25) is 14.4 Å². The highest BCUT2D eigenvalue weighted by Gasteiger charge is 2.75. The molecular formula is C32H42N2O6. The van der Waals surface area contributed by atoms with Gasteiger partial charge in [-0.05, 0) is 44.6 Å². The number of benzene rings is 1. The number of aliphatic hydroxyl groups excluding tert-OH is 1. The topological polar surface area (TPSA) is 96.4 Å². The molecule has 4 heterocycles. The average molecular weight is 551 g/mol. The molecule has 0 aliphatic carbocycles. The lowest BCUT2D eigenvalue weighted by atomic mass is 9.74. The molecular weight excluding hydrogens is 508 g/mol. The minimum absolute atomic E-state index is 0.201. The first-order chi connectivity index (χ1) is 19.4. The summed E-state index contributed by atoms with van der Waals surface area (Å²) < 4.78 is 12.6. The standard InChI is InChI=1S/C32H42N2O6/c1-3-4-11-18-33-19-13-17-32-25(26-30(38)39-20-12-6-5-10-16-31(26,2)40-32)28(36)34(27(32)29(33)37)24(22-35)21-23-14-8-7-9-15-23/h7-10,13-17,24-27,35H,3-6,11-12,18-22H2,1-2H3/b16-10-/t24-,25+,26-,27?,31+,32+/m1/s1. The number of rotatable bonds is 8. The molecule has 2 amide bonds. The van der Waals surface area contributed by atoms with Crippen molar-refractivity contribution in [2.24, 2.45) is 11.8 Å². The Bertz CT molecular complexity index is 1150. The highest BCUT2D eigenvalue weighted by molar-refractivity contribution is 5.99. The number of amides is 2. The SMILES string of the molecule is CCCCCN1CC=C[C@]23O[C@@]4(C)/C=C\CCCCOC(=O)[C@H]4[C@H]2C(=O)N([C@@H](CO)Cc2ccccc2)C3C1=O. The number of fused-ring (bicyclic) bond motifs is 2. The first kappa shape index (κ1) is 28.6. The molecule has 0 saturated carbocycles. The van der Waals surface area contributed by atoms with Crippen LogP contribution in [0, 0.1) is 11.8 Å². The Morgan fingerprint density at radius 3 is 2.58 bits per heavy atom. The summed E-state index contributed by atoms with van der Waals surface area (Å²) in [6.45, 7) is 4.89. The van der Waals surface area contributed by atoms with Crippen LogP contribution in [0.15, 0.2) is 54.6 Å². The van der Waals surface area contributed by atoms with Crippen molar-refractivity contribution < 1.29 is 29.0 Å². The number of esters is 1. The smallest absolute Gasteiger partial charge is 0.313 e. The number of carbonyl (C=O) groups is 3. The van der Waals surface area contributed by atoms with Crippen molar-refractivity contribution in [1.29, 1.82) is 0 Å². The molecule has 0 bridgehead atoms. The Kier molecular flexibility index (Phi) is 8.47. The molecule has 2 fully saturated rings. The Labute approximate surface area is 237 Å². The van der Waals surface area contributed by atoms with Gasteiger partial charge in [0.2, 0.25) is 11.8 Å². The van der Waals surface area contributed by atoms with Gasteiger partial charge in [-0.2, -0.15) is 0 Å². The van der Waals surface area contributed by atoms with Gasteiger partial charge in [-0.15, -0.1) is 0 Å². The Balaban J connectivity index is 1.61. The van der Waals surface area contributed by atoms with Crippen LogP contribution in [-0.2, 0) is 30.3 Å². The van der Waals surface area contributed by atoms with Gasteiger partial charge in [0.15, 0.2) is 0 Å². The number of allylic oxidation sites excluding steroid dienone is 1. The van der Waals surface area contributed by atoms with Crippen LogP contribution in [-0.4, -0.2) is 82.3 Å². The van der Waals surface area contributed by atoms with Crippen LogP contribution in [0.3, 0.4) is 0 Å². The summed E-state index contributed by atoms with van der Waals surface area (Å²) in [5, 5.41) is 10.6. The summed E-state index contributed by atoms with van der Waals surface area (Å²) >= 11 is 0. The van der Waals surface area contributed by atoms with E-state index in [0.29, 0.717) is 19.5 Å². The zero-order valence-corrected chi connectivity index (χ0v) is 23.7. The molecule has 5 rings (SSSR count). The molecule has 40 heavy (non-hydrogen) atoms. The van der Waals surface area contributed by atoms with Crippen molar-refractivity contribution in [3.8, 4) is 0 Å². The maximum absolute atomic E-state index is 14.6. The van der Waals surface area contributed by atoms with Crippen LogP contribution in [0.25, 0.3) is 0 Å². The molecule has 216 valence electrons. The number of likely N-dealkylation sites (tertiary alicyclic amines) is 1. The molecule has 2 saturated heterocycles. The van der Waals surface area contributed by atoms with Crippen LogP contribution in [0.5, 0.6) is 0 Å². The quantitative estimate of drug-likeness (QED) is 0.303. The summed E-state index contributed by atoms with van der Waals surface area (Å²) in [6.07, 6.45) is 13.4. The monoisotopic (exact) mass is 550 g/mol. The maximum Gasteiger partial charge on any atom is 0.313 e. The highest BCUT2D eigenvalue weighted by atomic mass is 16.6. The van der Waals surface area contributed by atoms with E-state index in [1.54, 1.807) is 4.90 Å². The minimum Gasteiger partial charge on any atom is -0.465 e. The number of carbonyl (C=O) groups excluding carboxylic acids is 3. The predicted molar refractivity (Wildman–Crippen MR) is 150 cm³/mol. The molecule has 1 unspecified atom stereocenters. The van der Waals surface area contributed by atoms with Crippen molar-refractivity contribution in [2.45, 2.75) is 82.1 Å². The van der Waals surface area contributed by atoms with Gasteiger partial charge >= 0.3 is 5.97 Å². The molecule has 0 radical (unpaired) electrons. The third-order valence-electron chi connectivity index (χ3n) is 8.97. The second-order valence-corrected chi connectivity index (χ2v) is 11.7. The van der Waals surface area contributed by atoms with Gasteiger partial charge in [0.05, 0.1) is 30.8 Å². The summed E-state index contributed by atoms with van der Waals surface area (Å²) in [6, 6.07) is 7.98. The molecule has 8 nitrogen and oxygen atoms in total. The Morgan fingerprint density at radius 2 is 1.82 bits per heavy atom. The molecule has 0 aromatic heterocycles. The van der Waals surface area contributed by atoms with E-state index < -0.39 is 41.1 Å². The number of hydrogen-bond donors (Lipinski definition) is 1. The van der Waals surface area contributed by atoms with E-state index in [1.807, 2.05) is 61.6 Å². The fourth-order valence-corrected chi connectivity index (χ4v) is 7.07. The van der Waals surface area contributed by atoms with Crippen LogP contribution in [0.4, 0.5) is 0 Å². The first-order valence-corrected chi connectivity index (χ1v) is 14.8. The lowest BCUT2D eigenvalue weighted by molar-refractivity contribution is -0.161. The van der Waals surface area contributed by atoms with Crippen molar-refractivity contribution in [2.75, 3.05) is 26.3 Å². The average Bonchev–Trinajstić information content (AvgIpc) is 3.29. The molecule has 1 N–H and O–H groups in total. The molecule has 6 atom stereocenters. The van der Waals surface area contributed by atoms with Crippen molar-refractivity contribution >= 4 is 17.8 Å². The molecule has 4 aliphatic heterocycles. The summed E-state index contributed by atoms with van der Waals surface area (Å²) in [4.78, 5) is 46.0. The number of aliphatic hydroxyl groups is 1. The Morgan fingerprint density at radius 1 is 1.02 bits per heavy atom. The Hall–Kier alpha value is -2.97. The molecule has 1 aromatic carbocycles. The minimum atomic E-state index is -1.35. The van der Waals surface area contributed by atoms with Gasteiger partial charge < -0.3 is 24.4 Å². The van der Waals surface area contributed by atoms with E-state index in [4.69, 9.17) is 9.47 Å². The third-order valence-corrected chi connectivity index (χ3v) is 8.97. The lowest BCUT2D eigenvalue weighted by Crippen LogP contribution is -2.59. The normalized spacial score (nSPS) is 33.6. The first-order valence-electron chi connectivity index (χ1n) is 14.8. The molecule has 1 spiro atoms. The number of nitrogens with zero attached hydrogens (tertiary/aromatic N) is 2. The van der Waals surface area contributed by atoms with Crippen molar-refractivity contribution in [3.05, 3.63) is 60.2 Å². The summed E-state index contributed by atoms with van der Waals surface area (Å²) in [5.41, 5.74) is -1.52. The van der Waals surface area contributed by atoms with E-state index in [9.17, 15) is 19.5 Å². The van der Waals surface area contributed by atoms with E-state index in [0.717, 1.165) is 44.1 Å². The van der Waals surface area contributed by atoms with Gasteiger partial charge in [0.25, 0.3) is 0 Å². The van der Waals surface area contributed by atoms with Gasteiger partial charge in [0, 0.05) is 13.1 Å². The lowest BCUT2D eigenvalue weighted by Gasteiger charge is -2.40. The van der Waals surface area contributed by atoms with Crippen LogP contribution in [0.2, 0.25) is 0 Å². The zero-order chi connectivity index (χ0) is 28.3. The van der Waals surface area contributed by atoms with E-state index in [-0.39, 0.29) is 25.0 Å². The highest BCUT2D eigenvalue weighted by Crippen LogP contribution is 2.57. The predicted octanol–water partition coefficient (Wildman–Crippen LogP) is 3.43. The fraction of sp³-hybridized carbons (Fsp3) is 0.594. The van der Waals surface area contributed by atoms with Crippen LogP contribution < -0.4 is 0 Å².